The molecule has 1 amide bonds. The van der Waals surface area contributed by atoms with Crippen LogP contribution in [0.5, 0.6) is 0 Å². The van der Waals surface area contributed by atoms with Crippen LogP contribution in [0, 0.1) is 19.7 Å². The predicted octanol–water partition coefficient (Wildman–Crippen LogP) is 5.32. The number of hydrazone groups is 1. The molecule has 1 aromatic heterocycles. The first-order valence-corrected chi connectivity index (χ1v) is 11.7. The minimum Gasteiger partial charge on any atom is -0.272 e. The van der Waals surface area contributed by atoms with Gasteiger partial charge in [-0.3, -0.25) is 9.36 Å². The Balaban J connectivity index is 1.52. The van der Waals surface area contributed by atoms with Gasteiger partial charge in [-0.15, -0.1) is 10.2 Å². The number of aromatic nitrogens is 3. The van der Waals surface area contributed by atoms with E-state index >= 15 is 0 Å². The average molecular weight is 474 g/mol. The molecule has 8 heteroatoms. The number of aryl methyl sites for hydroxylation is 2. The van der Waals surface area contributed by atoms with E-state index < -0.39 is 0 Å². The van der Waals surface area contributed by atoms with E-state index in [1.807, 2.05) is 66.9 Å². The summed E-state index contributed by atoms with van der Waals surface area (Å²) in [4.78, 5) is 12.5. The SMILES string of the molecule is C/C(=N/NC(=O)CSc1nnc(-c2ccc(C)cc2)n1-c1ccc(C)cc1)c1ccc(F)cc1. The zero-order valence-corrected chi connectivity index (χ0v) is 19.9. The zero-order chi connectivity index (χ0) is 24.1. The quantitative estimate of drug-likeness (QED) is 0.224. The highest BCUT2D eigenvalue weighted by molar-refractivity contribution is 7.99. The van der Waals surface area contributed by atoms with Crippen LogP contribution < -0.4 is 5.43 Å². The third-order valence-corrected chi connectivity index (χ3v) is 6.11. The van der Waals surface area contributed by atoms with Crippen LogP contribution in [0.2, 0.25) is 0 Å². The molecule has 0 saturated carbocycles. The number of hydrogen-bond donors (Lipinski definition) is 1. The van der Waals surface area contributed by atoms with Gasteiger partial charge in [0.2, 0.25) is 0 Å². The van der Waals surface area contributed by atoms with Gasteiger partial charge in [-0.1, -0.05) is 71.4 Å². The van der Waals surface area contributed by atoms with Crippen LogP contribution in [0.3, 0.4) is 0 Å². The summed E-state index contributed by atoms with van der Waals surface area (Å²) in [6.45, 7) is 5.82. The summed E-state index contributed by atoms with van der Waals surface area (Å²) in [6, 6.07) is 22.1. The Kier molecular flexibility index (Phi) is 7.18. The lowest BCUT2D eigenvalue weighted by molar-refractivity contribution is -0.118. The summed E-state index contributed by atoms with van der Waals surface area (Å²) in [7, 11) is 0. The Morgan fingerprint density at radius 3 is 2.21 bits per heavy atom. The summed E-state index contributed by atoms with van der Waals surface area (Å²) in [5.41, 5.74) is 8.04. The van der Waals surface area contributed by atoms with Gasteiger partial charge in [0.25, 0.3) is 5.91 Å². The number of halogens is 1. The van der Waals surface area contributed by atoms with E-state index in [1.165, 1.54) is 23.9 Å². The number of carbonyl (C=O) groups is 1. The maximum atomic E-state index is 13.1. The van der Waals surface area contributed by atoms with Gasteiger partial charge < -0.3 is 0 Å². The summed E-state index contributed by atoms with van der Waals surface area (Å²) in [5.74, 6) is 0.219. The van der Waals surface area contributed by atoms with Gasteiger partial charge >= 0.3 is 0 Å². The van der Waals surface area contributed by atoms with Crippen molar-refractivity contribution in [3.8, 4) is 17.1 Å². The van der Waals surface area contributed by atoms with Crippen molar-refractivity contribution in [2.45, 2.75) is 25.9 Å². The fraction of sp³-hybridized carbons (Fsp3) is 0.154. The van der Waals surface area contributed by atoms with Gasteiger partial charge in [-0.25, -0.2) is 9.82 Å². The fourth-order valence-electron chi connectivity index (χ4n) is 3.24. The number of nitrogens with one attached hydrogen (secondary N) is 1. The highest BCUT2D eigenvalue weighted by Gasteiger charge is 2.17. The Morgan fingerprint density at radius 2 is 1.56 bits per heavy atom. The van der Waals surface area contributed by atoms with E-state index in [0.29, 0.717) is 16.7 Å². The van der Waals surface area contributed by atoms with Crippen molar-refractivity contribution in [2.75, 3.05) is 5.75 Å². The lowest BCUT2D eigenvalue weighted by Gasteiger charge is -2.11. The van der Waals surface area contributed by atoms with Crippen molar-refractivity contribution >= 4 is 23.4 Å². The second-order valence-electron chi connectivity index (χ2n) is 7.87. The standard InChI is InChI=1S/C26H24FN5OS/c1-17-4-8-21(9-5-17)25-30-31-26(32(25)23-14-6-18(2)7-15-23)34-16-24(33)29-28-19(3)20-10-12-22(27)13-11-20/h4-15H,16H2,1-3H3,(H,29,33)/b28-19-. The molecular weight excluding hydrogens is 449 g/mol. The van der Waals surface area contributed by atoms with Crippen molar-refractivity contribution in [1.29, 1.82) is 0 Å². The second kappa shape index (κ2) is 10.4. The van der Waals surface area contributed by atoms with Gasteiger partial charge in [0.1, 0.15) is 5.82 Å². The third-order valence-electron chi connectivity index (χ3n) is 5.18. The maximum absolute atomic E-state index is 13.1. The number of rotatable bonds is 7. The third kappa shape index (κ3) is 5.58. The van der Waals surface area contributed by atoms with Crippen molar-refractivity contribution in [1.82, 2.24) is 20.2 Å². The van der Waals surface area contributed by atoms with Crippen LogP contribution in [0.1, 0.15) is 23.6 Å². The summed E-state index contributed by atoms with van der Waals surface area (Å²) < 4.78 is 15.1. The van der Waals surface area contributed by atoms with E-state index in [1.54, 1.807) is 19.1 Å². The van der Waals surface area contributed by atoms with Gasteiger partial charge in [-0.2, -0.15) is 5.10 Å². The number of nitrogens with zero attached hydrogens (tertiary/aromatic N) is 4. The van der Waals surface area contributed by atoms with Crippen molar-refractivity contribution in [3.63, 3.8) is 0 Å². The van der Waals surface area contributed by atoms with Crippen LogP contribution in [-0.2, 0) is 4.79 Å². The molecule has 0 radical (unpaired) electrons. The van der Waals surface area contributed by atoms with Gasteiger partial charge in [0.15, 0.2) is 11.0 Å². The smallest absolute Gasteiger partial charge is 0.250 e. The molecule has 0 saturated heterocycles. The molecule has 3 aromatic carbocycles. The Morgan fingerprint density at radius 1 is 0.941 bits per heavy atom. The molecule has 34 heavy (non-hydrogen) atoms. The minimum atomic E-state index is -0.320. The molecule has 0 bridgehead atoms. The first-order chi connectivity index (χ1) is 16.4. The van der Waals surface area contributed by atoms with Crippen molar-refractivity contribution < 1.29 is 9.18 Å². The number of hydrogen-bond acceptors (Lipinski definition) is 5. The van der Waals surface area contributed by atoms with Gasteiger partial charge in [-0.05, 0) is 50.6 Å². The van der Waals surface area contributed by atoms with Crippen LogP contribution in [-0.4, -0.2) is 32.1 Å². The Labute approximate surface area is 201 Å². The lowest BCUT2D eigenvalue weighted by atomic mass is 10.1. The van der Waals surface area contributed by atoms with Crippen molar-refractivity contribution in [3.05, 3.63) is 95.3 Å². The average Bonchev–Trinajstić information content (AvgIpc) is 3.26. The van der Waals surface area contributed by atoms with E-state index in [4.69, 9.17) is 0 Å². The first kappa shape index (κ1) is 23.4. The molecule has 172 valence electrons. The number of amides is 1. The highest BCUT2D eigenvalue weighted by Crippen LogP contribution is 2.28. The Bertz CT molecular complexity index is 1310. The molecule has 0 aliphatic rings. The monoisotopic (exact) mass is 473 g/mol. The number of benzene rings is 3. The fourth-order valence-corrected chi connectivity index (χ4v) is 3.99. The van der Waals surface area contributed by atoms with E-state index in [9.17, 15) is 9.18 Å². The molecule has 1 N–H and O–H groups in total. The Hall–Kier alpha value is -3.78. The molecule has 4 rings (SSSR count). The molecule has 4 aromatic rings. The van der Waals surface area contributed by atoms with Gasteiger partial charge in [0.05, 0.1) is 11.5 Å². The maximum Gasteiger partial charge on any atom is 0.250 e. The van der Waals surface area contributed by atoms with E-state index in [0.717, 1.165) is 27.9 Å². The highest BCUT2D eigenvalue weighted by atomic mass is 32.2. The minimum absolute atomic E-state index is 0.109. The molecule has 0 fully saturated rings. The summed E-state index contributed by atoms with van der Waals surface area (Å²) in [6.07, 6.45) is 0. The normalized spacial score (nSPS) is 11.5. The van der Waals surface area contributed by atoms with Crippen LogP contribution in [0.25, 0.3) is 17.1 Å². The molecule has 6 nitrogen and oxygen atoms in total. The molecule has 1 heterocycles. The second-order valence-corrected chi connectivity index (χ2v) is 8.81. The summed E-state index contributed by atoms with van der Waals surface area (Å²) in [5, 5.41) is 13.5. The number of carbonyl (C=O) groups excluding carboxylic acids is 1. The molecule has 0 aliphatic carbocycles. The van der Waals surface area contributed by atoms with Crippen LogP contribution >= 0.6 is 11.8 Å². The first-order valence-electron chi connectivity index (χ1n) is 10.7. The van der Waals surface area contributed by atoms with Crippen LogP contribution in [0.4, 0.5) is 4.39 Å². The zero-order valence-electron chi connectivity index (χ0n) is 19.1. The van der Waals surface area contributed by atoms with Gasteiger partial charge in [0, 0.05) is 11.3 Å². The molecular formula is C26H24FN5OS. The summed E-state index contributed by atoms with van der Waals surface area (Å²) >= 11 is 1.28. The van der Waals surface area contributed by atoms with E-state index in [2.05, 4.69) is 20.7 Å². The largest absolute Gasteiger partial charge is 0.272 e. The van der Waals surface area contributed by atoms with E-state index in [-0.39, 0.29) is 17.5 Å². The van der Waals surface area contributed by atoms with Crippen LogP contribution in [0.15, 0.2) is 83.1 Å². The molecule has 0 spiro atoms. The molecule has 0 unspecified atom stereocenters. The molecule has 0 atom stereocenters. The predicted molar refractivity (Wildman–Crippen MR) is 134 cm³/mol. The lowest BCUT2D eigenvalue weighted by Crippen LogP contribution is -2.21. The number of thioether (sulfide) groups is 1. The topological polar surface area (TPSA) is 72.2 Å². The molecule has 0 aliphatic heterocycles. The van der Waals surface area contributed by atoms with Crippen molar-refractivity contribution in [2.24, 2.45) is 5.10 Å².